The van der Waals surface area contributed by atoms with E-state index >= 15 is 0 Å². The van der Waals surface area contributed by atoms with E-state index in [1.54, 1.807) is 30.3 Å². The molecule has 2 aliphatic rings. The minimum Gasteiger partial charge on any atom is -0.507 e. The molecular formula is C25H24O3. The Kier molecular flexibility index (Phi) is 4.54. The van der Waals surface area contributed by atoms with Crippen molar-refractivity contribution < 1.29 is 14.7 Å². The maximum Gasteiger partial charge on any atom is 0.198 e. The molecule has 0 amide bonds. The van der Waals surface area contributed by atoms with Crippen LogP contribution in [0.5, 0.6) is 5.75 Å². The van der Waals surface area contributed by atoms with Crippen LogP contribution in [0, 0.1) is 5.92 Å². The molecule has 0 heterocycles. The second kappa shape index (κ2) is 6.90. The quantitative estimate of drug-likeness (QED) is 0.637. The Balaban J connectivity index is 1.96. The lowest BCUT2D eigenvalue weighted by Gasteiger charge is -2.31. The van der Waals surface area contributed by atoms with Crippen LogP contribution in [0.4, 0.5) is 0 Å². The minimum atomic E-state index is -0.280. The fourth-order valence-corrected chi connectivity index (χ4v) is 4.91. The van der Waals surface area contributed by atoms with Gasteiger partial charge in [-0.1, -0.05) is 55.5 Å². The van der Waals surface area contributed by atoms with Gasteiger partial charge < -0.3 is 5.11 Å². The summed E-state index contributed by atoms with van der Waals surface area (Å²) in [4.78, 5) is 26.4. The Morgan fingerprint density at radius 1 is 1.14 bits per heavy atom. The zero-order valence-electron chi connectivity index (χ0n) is 16.3. The topological polar surface area (TPSA) is 54.4 Å². The van der Waals surface area contributed by atoms with Crippen molar-refractivity contribution in [1.29, 1.82) is 0 Å². The highest BCUT2D eigenvalue weighted by atomic mass is 16.3. The summed E-state index contributed by atoms with van der Waals surface area (Å²) in [7, 11) is 0. The third-order valence-electron chi connectivity index (χ3n) is 6.30. The number of carbonyl (C=O) groups excluding carboxylic acids is 2. The van der Waals surface area contributed by atoms with E-state index in [0.29, 0.717) is 34.6 Å². The molecule has 0 radical (unpaired) electrons. The van der Waals surface area contributed by atoms with Crippen LogP contribution >= 0.6 is 0 Å². The largest absolute Gasteiger partial charge is 0.507 e. The van der Waals surface area contributed by atoms with E-state index in [0.717, 1.165) is 30.4 Å². The van der Waals surface area contributed by atoms with E-state index in [1.165, 1.54) is 5.57 Å². The summed E-state index contributed by atoms with van der Waals surface area (Å²) < 4.78 is 0. The molecule has 1 N–H and O–H groups in total. The zero-order valence-corrected chi connectivity index (χ0v) is 16.3. The summed E-state index contributed by atoms with van der Waals surface area (Å²) >= 11 is 0. The van der Waals surface area contributed by atoms with Crippen LogP contribution in [0.25, 0.3) is 6.08 Å². The van der Waals surface area contributed by atoms with Crippen LogP contribution < -0.4 is 0 Å². The minimum absolute atomic E-state index is 0.0142. The summed E-state index contributed by atoms with van der Waals surface area (Å²) in [5.41, 5.74) is 5.08. The SMILES string of the molecule is C=Cc1c2c(c(O)c3c1C(=O)c1ccccc1C3=O)CC(/C(=C\C)CC)CC2. The first-order chi connectivity index (χ1) is 13.5. The Morgan fingerprint density at radius 2 is 1.79 bits per heavy atom. The van der Waals surface area contributed by atoms with Gasteiger partial charge in [0.2, 0.25) is 0 Å². The Morgan fingerprint density at radius 3 is 2.36 bits per heavy atom. The molecule has 2 aromatic carbocycles. The third kappa shape index (κ3) is 2.50. The normalized spacial score (nSPS) is 18.4. The lowest BCUT2D eigenvalue weighted by Crippen LogP contribution is -2.26. The number of benzene rings is 2. The predicted molar refractivity (Wildman–Crippen MR) is 111 cm³/mol. The first-order valence-corrected chi connectivity index (χ1v) is 9.90. The van der Waals surface area contributed by atoms with E-state index in [1.807, 2.05) is 0 Å². The number of phenolic OH excluding ortho intramolecular Hbond substituents is 1. The molecule has 0 bridgehead atoms. The van der Waals surface area contributed by atoms with Gasteiger partial charge >= 0.3 is 0 Å². The molecule has 2 aliphatic carbocycles. The molecule has 3 nitrogen and oxygen atoms in total. The van der Waals surface area contributed by atoms with Crippen LogP contribution in [0.15, 0.2) is 42.5 Å². The fourth-order valence-electron chi connectivity index (χ4n) is 4.91. The van der Waals surface area contributed by atoms with Crippen molar-refractivity contribution in [3.8, 4) is 5.75 Å². The van der Waals surface area contributed by atoms with Crippen LogP contribution in [-0.2, 0) is 12.8 Å². The number of hydrogen-bond acceptors (Lipinski definition) is 3. The monoisotopic (exact) mass is 372 g/mol. The number of carbonyl (C=O) groups is 2. The molecule has 0 saturated heterocycles. The van der Waals surface area contributed by atoms with Crippen LogP contribution in [-0.4, -0.2) is 16.7 Å². The second-order valence-electron chi connectivity index (χ2n) is 7.53. The van der Waals surface area contributed by atoms with Gasteiger partial charge in [-0.15, -0.1) is 0 Å². The standard InChI is InChI=1S/C25H24O3/c1-4-14(5-2)15-11-12-17-16(6-3)21-22(25(28)20(17)13-15)24(27)19-10-8-7-9-18(19)23(21)26/h4,6-10,15,28H,3,5,11-13H2,1-2H3/b14-4-. The van der Waals surface area contributed by atoms with Crippen molar-refractivity contribution in [3.63, 3.8) is 0 Å². The number of rotatable bonds is 3. The molecule has 1 unspecified atom stereocenters. The molecule has 0 aliphatic heterocycles. The number of aromatic hydroxyl groups is 1. The zero-order chi connectivity index (χ0) is 20.0. The van der Waals surface area contributed by atoms with Gasteiger partial charge in [-0.05, 0) is 55.2 Å². The van der Waals surface area contributed by atoms with Crippen molar-refractivity contribution in [2.45, 2.75) is 39.5 Å². The maximum atomic E-state index is 13.2. The van der Waals surface area contributed by atoms with Gasteiger partial charge in [0, 0.05) is 16.7 Å². The smallest absolute Gasteiger partial charge is 0.198 e. The molecular weight excluding hydrogens is 348 g/mol. The lowest BCUT2D eigenvalue weighted by atomic mass is 9.72. The summed E-state index contributed by atoms with van der Waals surface area (Å²) in [5.74, 6) is -0.147. The van der Waals surface area contributed by atoms with E-state index in [4.69, 9.17) is 0 Å². The van der Waals surface area contributed by atoms with Gasteiger partial charge in [-0.2, -0.15) is 0 Å². The van der Waals surface area contributed by atoms with Gasteiger partial charge in [-0.3, -0.25) is 9.59 Å². The highest BCUT2D eigenvalue weighted by molar-refractivity contribution is 6.30. The summed E-state index contributed by atoms with van der Waals surface area (Å²) in [5, 5.41) is 11.1. The van der Waals surface area contributed by atoms with Crippen molar-refractivity contribution in [2.24, 2.45) is 5.92 Å². The molecule has 0 fully saturated rings. The molecule has 142 valence electrons. The number of allylic oxidation sites excluding steroid dienone is 2. The molecule has 0 aromatic heterocycles. The van der Waals surface area contributed by atoms with Gasteiger partial charge in [0.25, 0.3) is 0 Å². The number of phenols is 1. The van der Waals surface area contributed by atoms with Crippen LogP contribution in [0.2, 0.25) is 0 Å². The molecule has 1 atom stereocenters. The van der Waals surface area contributed by atoms with Crippen molar-refractivity contribution in [3.05, 3.63) is 81.4 Å². The average Bonchev–Trinajstić information content (AvgIpc) is 2.73. The lowest BCUT2D eigenvalue weighted by molar-refractivity contribution is 0.0976. The van der Waals surface area contributed by atoms with Crippen molar-refractivity contribution in [1.82, 2.24) is 0 Å². The van der Waals surface area contributed by atoms with Crippen LogP contribution in [0.3, 0.4) is 0 Å². The number of hydrogen-bond donors (Lipinski definition) is 1. The first-order valence-electron chi connectivity index (χ1n) is 9.90. The number of ketones is 2. The highest BCUT2D eigenvalue weighted by Crippen LogP contribution is 2.44. The molecule has 4 rings (SSSR count). The fraction of sp³-hybridized carbons (Fsp3) is 0.280. The Bertz CT molecular complexity index is 1060. The Labute approximate surface area is 165 Å². The maximum absolute atomic E-state index is 13.2. The second-order valence-corrected chi connectivity index (χ2v) is 7.53. The summed E-state index contributed by atoms with van der Waals surface area (Å²) in [6.07, 6.45) is 7.23. The van der Waals surface area contributed by atoms with E-state index in [9.17, 15) is 14.7 Å². The first kappa shape index (κ1) is 18.4. The molecule has 0 saturated carbocycles. The summed E-state index contributed by atoms with van der Waals surface area (Å²) in [6, 6.07) is 6.84. The molecule has 0 spiro atoms. The Hall–Kier alpha value is -2.94. The predicted octanol–water partition coefficient (Wildman–Crippen LogP) is 5.27. The van der Waals surface area contributed by atoms with Gasteiger partial charge in [0.15, 0.2) is 11.6 Å². The van der Waals surface area contributed by atoms with Crippen molar-refractivity contribution in [2.75, 3.05) is 0 Å². The van der Waals surface area contributed by atoms with Crippen molar-refractivity contribution >= 4 is 17.6 Å². The molecule has 3 heteroatoms. The van der Waals surface area contributed by atoms with E-state index in [2.05, 4.69) is 26.5 Å². The van der Waals surface area contributed by atoms with Gasteiger partial charge in [0.1, 0.15) is 5.75 Å². The van der Waals surface area contributed by atoms with E-state index in [-0.39, 0.29) is 22.9 Å². The molecule has 28 heavy (non-hydrogen) atoms. The third-order valence-corrected chi connectivity index (χ3v) is 6.30. The van der Waals surface area contributed by atoms with Gasteiger partial charge in [-0.25, -0.2) is 0 Å². The van der Waals surface area contributed by atoms with E-state index < -0.39 is 0 Å². The average molecular weight is 372 g/mol. The number of fused-ring (bicyclic) bond motifs is 3. The van der Waals surface area contributed by atoms with Crippen LogP contribution in [0.1, 0.15) is 75.2 Å². The highest BCUT2D eigenvalue weighted by Gasteiger charge is 2.38. The van der Waals surface area contributed by atoms with Gasteiger partial charge in [0.05, 0.1) is 5.56 Å². The molecule has 2 aromatic rings. The summed E-state index contributed by atoms with van der Waals surface area (Å²) in [6.45, 7) is 8.12.